The van der Waals surface area contributed by atoms with E-state index in [2.05, 4.69) is 12.6 Å². The number of amides is 1. The third-order valence-electron chi connectivity index (χ3n) is 4.01. The summed E-state index contributed by atoms with van der Waals surface area (Å²) < 4.78 is 1.45. The van der Waals surface area contributed by atoms with Gasteiger partial charge in [-0.2, -0.15) is 0 Å². The summed E-state index contributed by atoms with van der Waals surface area (Å²) >= 11 is 1.78. The predicted octanol–water partition coefficient (Wildman–Crippen LogP) is 3.26. The second-order valence-electron chi connectivity index (χ2n) is 6.08. The van der Waals surface area contributed by atoms with Crippen molar-refractivity contribution in [2.75, 3.05) is 17.2 Å². The van der Waals surface area contributed by atoms with E-state index >= 15 is 0 Å². The molecule has 2 aromatic rings. The Morgan fingerprint density at radius 1 is 1.38 bits per heavy atom. The highest BCUT2D eigenvalue weighted by molar-refractivity contribution is 7.99. The normalized spacial score (nSPS) is 12.8. The molecule has 0 aliphatic carbocycles. The van der Waals surface area contributed by atoms with E-state index in [0.717, 1.165) is 28.3 Å². The molecule has 0 unspecified atom stereocenters. The Bertz CT molecular complexity index is 870. The number of hydrogen-bond donors (Lipinski definition) is 0. The molecule has 124 valence electrons. The average molecular weight is 340 g/mol. The van der Waals surface area contributed by atoms with Gasteiger partial charge in [0.2, 0.25) is 0 Å². The summed E-state index contributed by atoms with van der Waals surface area (Å²) in [4.78, 5) is 27.8. The number of carbonyl (C=O) groups excluding carboxylic acids is 1. The maximum atomic E-state index is 13.1. The summed E-state index contributed by atoms with van der Waals surface area (Å²) in [6, 6.07) is 9.15. The second kappa shape index (κ2) is 6.69. The Morgan fingerprint density at radius 3 is 2.88 bits per heavy atom. The molecule has 1 aliphatic heterocycles. The molecular weight excluding hydrogens is 320 g/mol. The maximum absolute atomic E-state index is 13.1. The van der Waals surface area contributed by atoms with Crippen LogP contribution in [0.5, 0.6) is 0 Å². The minimum Gasteiger partial charge on any atom is -0.319 e. The van der Waals surface area contributed by atoms with Crippen LogP contribution in [0.25, 0.3) is 0 Å². The molecule has 0 spiro atoms. The molecule has 1 amide bonds. The molecule has 3 rings (SSSR count). The van der Waals surface area contributed by atoms with Gasteiger partial charge in [0.25, 0.3) is 11.5 Å². The molecule has 0 fully saturated rings. The Balaban J connectivity index is 2.05. The third kappa shape index (κ3) is 3.17. The fraction of sp³-hybridized carbons (Fsp3) is 0.263. The molecule has 1 aromatic heterocycles. The summed E-state index contributed by atoms with van der Waals surface area (Å²) in [5.41, 5.74) is 3.29. The molecule has 4 nitrogen and oxygen atoms in total. The number of thioether (sulfide) groups is 1. The van der Waals surface area contributed by atoms with Gasteiger partial charge in [-0.05, 0) is 31.0 Å². The topological polar surface area (TPSA) is 42.3 Å². The van der Waals surface area contributed by atoms with Crippen LogP contribution < -0.4 is 10.5 Å². The molecule has 1 aliphatic rings. The molecule has 1 aromatic carbocycles. The largest absolute Gasteiger partial charge is 0.319 e. The van der Waals surface area contributed by atoms with E-state index in [0.29, 0.717) is 12.1 Å². The molecule has 0 bridgehead atoms. The number of anilines is 1. The zero-order valence-electron chi connectivity index (χ0n) is 13.9. The molecule has 24 heavy (non-hydrogen) atoms. The molecule has 0 atom stereocenters. The van der Waals surface area contributed by atoms with Crippen molar-refractivity contribution in [2.24, 2.45) is 7.05 Å². The van der Waals surface area contributed by atoms with Crippen LogP contribution >= 0.6 is 11.8 Å². The van der Waals surface area contributed by atoms with Crippen LogP contribution in [-0.2, 0) is 13.5 Å². The number of pyridine rings is 1. The van der Waals surface area contributed by atoms with Crippen molar-refractivity contribution >= 4 is 23.4 Å². The van der Waals surface area contributed by atoms with Gasteiger partial charge in [-0.25, -0.2) is 0 Å². The number of aromatic nitrogens is 1. The fourth-order valence-corrected chi connectivity index (χ4v) is 3.99. The number of fused-ring (bicyclic) bond motifs is 1. The highest BCUT2D eigenvalue weighted by Gasteiger charge is 2.24. The fourth-order valence-electron chi connectivity index (χ4n) is 2.78. The lowest BCUT2D eigenvalue weighted by Gasteiger charge is -2.25. The summed E-state index contributed by atoms with van der Waals surface area (Å²) in [5.74, 6) is 0.865. The zero-order chi connectivity index (χ0) is 17.3. The van der Waals surface area contributed by atoms with Crippen LogP contribution in [0.4, 0.5) is 5.69 Å². The minimum atomic E-state index is -0.191. The quantitative estimate of drug-likeness (QED) is 0.803. The van der Waals surface area contributed by atoms with Gasteiger partial charge < -0.3 is 9.47 Å². The molecule has 2 heterocycles. The van der Waals surface area contributed by atoms with Crippen LogP contribution in [0.15, 0.2) is 58.4 Å². The average Bonchev–Trinajstić information content (AvgIpc) is 3.03. The monoisotopic (exact) mass is 340 g/mol. The SMILES string of the molecule is C=C(C)CN(C(=O)c1ccn(C)c(=O)c1)c1cccc2c1SCC2. The first-order valence-corrected chi connectivity index (χ1v) is 8.83. The van der Waals surface area contributed by atoms with E-state index < -0.39 is 0 Å². The van der Waals surface area contributed by atoms with Crippen LogP contribution in [0.3, 0.4) is 0 Å². The first-order valence-electron chi connectivity index (χ1n) is 7.85. The van der Waals surface area contributed by atoms with Gasteiger partial charge in [0.1, 0.15) is 0 Å². The molecule has 0 N–H and O–H groups in total. The lowest BCUT2D eigenvalue weighted by Crippen LogP contribution is -2.34. The van der Waals surface area contributed by atoms with Crippen LogP contribution in [0.2, 0.25) is 0 Å². The third-order valence-corrected chi connectivity index (χ3v) is 5.18. The molecular formula is C19H20N2O2S. The van der Waals surface area contributed by atoms with Gasteiger partial charge in [0, 0.05) is 42.1 Å². The minimum absolute atomic E-state index is 0.170. The highest BCUT2D eigenvalue weighted by Crippen LogP contribution is 2.39. The van der Waals surface area contributed by atoms with E-state index in [1.54, 1.807) is 36.0 Å². The molecule has 0 radical (unpaired) electrons. The summed E-state index contributed by atoms with van der Waals surface area (Å²) in [5, 5.41) is 0. The number of aryl methyl sites for hydroxylation is 2. The summed E-state index contributed by atoms with van der Waals surface area (Å²) in [7, 11) is 1.67. The number of nitrogens with zero attached hydrogens (tertiary/aromatic N) is 2. The molecule has 5 heteroatoms. The summed E-state index contributed by atoms with van der Waals surface area (Å²) in [6.45, 7) is 6.29. The number of hydrogen-bond acceptors (Lipinski definition) is 3. The van der Waals surface area contributed by atoms with Gasteiger partial charge in [-0.3, -0.25) is 9.59 Å². The van der Waals surface area contributed by atoms with Gasteiger partial charge in [0.05, 0.1) is 5.69 Å². The first kappa shape index (κ1) is 16.6. The predicted molar refractivity (Wildman–Crippen MR) is 99.0 cm³/mol. The van der Waals surface area contributed by atoms with Crippen LogP contribution in [0, 0.1) is 0 Å². The smallest absolute Gasteiger partial charge is 0.258 e. The van der Waals surface area contributed by atoms with Crippen molar-refractivity contribution < 1.29 is 4.79 Å². The van der Waals surface area contributed by atoms with Crippen LogP contribution in [-0.4, -0.2) is 22.8 Å². The molecule has 0 saturated carbocycles. The highest BCUT2D eigenvalue weighted by atomic mass is 32.2. The second-order valence-corrected chi connectivity index (χ2v) is 7.18. The lowest BCUT2D eigenvalue weighted by molar-refractivity contribution is 0.0988. The summed E-state index contributed by atoms with van der Waals surface area (Å²) in [6.07, 6.45) is 2.65. The Hall–Kier alpha value is -2.27. The Morgan fingerprint density at radius 2 is 2.17 bits per heavy atom. The lowest BCUT2D eigenvalue weighted by atomic mass is 10.1. The number of rotatable bonds is 4. The van der Waals surface area contributed by atoms with Crippen molar-refractivity contribution in [3.05, 3.63) is 70.2 Å². The van der Waals surface area contributed by atoms with Crippen molar-refractivity contribution in [1.29, 1.82) is 0 Å². The van der Waals surface area contributed by atoms with Gasteiger partial charge in [0.15, 0.2) is 0 Å². The van der Waals surface area contributed by atoms with E-state index in [9.17, 15) is 9.59 Å². The first-order chi connectivity index (χ1) is 11.5. The Labute approximate surface area is 145 Å². The van der Waals surface area contributed by atoms with Crippen molar-refractivity contribution in [1.82, 2.24) is 4.57 Å². The molecule has 0 saturated heterocycles. The zero-order valence-corrected chi connectivity index (χ0v) is 14.7. The van der Waals surface area contributed by atoms with E-state index in [-0.39, 0.29) is 11.5 Å². The van der Waals surface area contributed by atoms with E-state index in [1.165, 1.54) is 16.2 Å². The number of benzene rings is 1. The van der Waals surface area contributed by atoms with Crippen molar-refractivity contribution in [3.8, 4) is 0 Å². The standard InChI is InChI=1S/C19H20N2O2S/c1-13(2)12-21(16-6-4-5-14-8-10-24-18(14)16)19(23)15-7-9-20(3)17(22)11-15/h4-7,9,11H,1,8,10,12H2,2-3H3. The van der Waals surface area contributed by atoms with Crippen LogP contribution in [0.1, 0.15) is 22.8 Å². The van der Waals surface area contributed by atoms with Gasteiger partial charge >= 0.3 is 0 Å². The van der Waals surface area contributed by atoms with Gasteiger partial charge in [-0.1, -0.05) is 24.3 Å². The Kier molecular flexibility index (Phi) is 4.62. The van der Waals surface area contributed by atoms with Gasteiger partial charge in [-0.15, -0.1) is 11.8 Å². The van der Waals surface area contributed by atoms with Crippen molar-refractivity contribution in [2.45, 2.75) is 18.2 Å². The van der Waals surface area contributed by atoms with Crippen molar-refractivity contribution in [3.63, 3.8) is 0 Å². The maximum Gasteiger partial charge on any atom is 0.258 e. The van der Waals surface area contributed by atoms with E-state index in [1.807, 2.05) is 19.1 Å². The number of carbonyl (C=O) groups is 1. The van der Waals surface area contributed by atoms with E-state index in [4.69, 9.17) is 0 Å².